The number of primary amides is 1. The summed E-state index contributed by atoms with van der Waals surface area (Å²) in [6.45, 7) is 5.70. The number of para-hydroxylation sites is 1. The lowest BCUT2D eigenvalue weighted by Gasteiger charge is -2.37. The summed E-state index contributed by atoms with van der Waals surface area (Å²) in [5.41, 5.74) is 6.59. The molecule has 6 heteroatoms. The van der Waals surface area contributed by atoms with Crippen LogP contribution in [0.3, 0.4) is 0 Å². The van der Waals surface area contributed by atoms with Crippen molar-refractivity contribution >= 4 is 11.6 Å². The first-order valence-corrected chi connectivity index (χ1v) is 9.86. The van der Waals surface area contributed by atoms with E-state index in [1.807, 2.05) is 12.1 Å². The second kappa shape index (κ2) is 7.74. The minimum atomic E-state index is -0.110. The van der Waals surface area contributed by atoms with Crippen LogP contribution in [0.1, 0.15) is 32.1 Å². The molecule has 2 N–H and O–H groups in total. The fraction of sp³-hybridized carbons (Fsp3) is 0.650. The van der Waals surface area contributed by atoms with E-state index < -0.39 is 0 Å². The minimum Gasteiger partial charge on any atom is -0.454 e. The molecule has 0 radical (unpaired) electrons. The highest BCUT2D eigenvalue weighted by molar-refractivity contribution is 5.76. The third-order valence-electron chi connectivity index (χ3n) is 6.19. The Labute approximate surface area is 155 Å². The van der Waals surface area contributed by atoms with Crippen molar-refractivity contribution in [1.29, 1.82) is 0 Å². The van der Waals surface area contributed by atoms with Crippen LogP contribution in [0.25, 0.3) is 0 Å². The lowest BCUT2D eigenvalue weighted by Crippen LogP contribution is -2.47. The Morgan fingerprint density at radius 1 is 1.08 bits per heavy atom. The van der Waals surface area contributed by atoms with Crippen LogP contribution >= 0.6 is 0 Å². The van der Waals surface area contributed by atoms with Crippen LogP contribution in [0.15, 0.2) is 18.2 Å². The van der Waals surface area contributed by atoms with Gasteiger partial charge >= 0.3 is 0 Å². The summed E-state index contributed by atoms with van der Waals surface area (Å²) in [6.07, 6.45) is 5.51. The Morgan fingerprint density at radius 3 is 2.58 bits per heavy atom. The van der Waals surface area contributed by atoms with E-state index >= 15 is 0 Å². The number of fused-ring (bicyclic) bond motifs is 1. The molecule has 0 unspecified atom stereocenters. The van der Waals surface area contributed by atoms with Crippen LogP contribution in [-0.2, 0) is 4.79 Å². The van der Waals surface area contributed by atoms with Gasteiger partial charge in [0.25, 0.3) is 0 Å². The van der Waals surface area contributed by atoms with Crippen molar-refractivity contribution in [1.82, 2.24) is 4.90 Å². The van der Waals surface area contributed by atoms with Crippen LogP contribution in [0.5, 0.6) is 11.5 Å². The van der Waals surface area contributed by atoms with Crippen molar-refractivity contribution in [3.63, 3.8) is 0 Å². The first-order chi connectivity index (χ1) is 12.7. The highest BCUT2D eigenvalue weighted by Gasteiger charge is 2.27. The van der Waals surface area contributed by atoms with Gasteiger partial charge in [-0.25, -0.2) is 0 Å². The highest BCUT2D eigenvalue weighted by Crippen LogP contribution is 2.41. The van der Waals surface area contributed by atoms with Crippen LogP contribution in [0.4, 0.5) is 5.69 Å². The summed E-state index contributed by atoms with van der Waals surface area (Å²) in [5.74, 6) is 2.52. The maximum Gasteiger partial charge on any atom is 0.231 e. The molecular weight excluding hydrogens is 330 g/mol. The molecular formula is C20H29N3O3. The normalized spacial score (nSPS) is 26.1. The van der Waals surface area contributed by atoms with E-state index in [-0.39, 0.29) is 11.8 Å². The van der Waals surface area contributed by atoms with Crippen LogP contribution < -0.4 is 20.1 Å². The summed E-state index contributed by atoms with van der Waals surface area (Å²) < 4.78 is 11.1. The predicted octanol–water partition coefficient (Wildman–Crippen LogP) is 2.22. The third-order valence-corrected chi connectivity index (χ3v) is 6.19. The van der Waals surface area contributed by atoms with Gasteiger partial charge < -0.3 is 20.1 Å². The molecule has 0 aromatic heterocycles. The topological polar surface area (TPSA) is 68.0 Å². The second-order valence-electron chi connectivity index (χ2n) is 7.75. The van der Waals surface area contributed by atoms with Crippen LogP contribution in [0, 0.1) is 11.8 Å². The van der Waals surface area contributed by atoms with E-state index in [0.717, 1.165) is 81.5 Å². The minimum absolute atomic E-state index is 0.110. The summed E-state index contributed by atoms with van der Waals surface area (Å²) in [6, 6.07) is 6.13. The molecule has 4 rings (SSSR count). The zero-order valence-corrected chi connectivity index (χ0v) is 15.4. The van der Waals surface area contributed by atoms with Crippen molar-refractivity contribution in [3.05, 3.63) is 18.2 Å². The maximum absolute atomic E-state index is 11.3. The van der Waals surface area contributed by atoms with Gasteiger partial charge in [0.15, 0.2) is 11.5 Å². The molecule has 1 amide bonds. The zero-order valence-electron chi connectivity index (χ0n) is 15.4. The molecule has 2 fully saturated rings. The maximum atomic E-state index is 11.3. The molecule has 3 aliphatic rings. The van der Waals surface area contributed by atoms with E-state index in [4.69, 9.17) is 15.2 Å². The van der Waals surface area contributed by atoms with E-state index in [1.54, 1.807) is 0 Å². The number of piperazine rings is 1. The quantitative estimate of drug-likeness (QED) is 0.873. The van der Waals surface area contributed by atoms with Crippen molar-refractivity contribution in [2.24, 2.45) is 17.6 Å². The van der Waals surface area contributed by atoms with Crippen molar-refractivity contribution < 1.29 is 14.3 Å². The standard InChI is InChI=1S/C20H29N3O3/c21-20(24)16-6-4-15(5-7-16)8-9-22-10-12-23(13-11-22)17-2-1-3-18-19(17)26-14-25-18/h1-3,15-16H,4-14H2,(H2,21,24). The largest absolute Gasteiger partial charge is 0.454 e. The molecule has 0 atom stereocenters. The fourth-order valence-corrected chi connectivity index (χ4v) is 4.48. The van der Waals surface area contributed by atoms with E-state index in [9.17, 15) is 4.79 Å². The lowest BCUT2D eigenvalue weighted by atomic mass is 9.80. The molecule has 1 aliphatic carbocycles. The third kappa shape index (κ3) is 3.75. The first kappa shape index (κ1) is 17.5. The van der Waals surface area contributed by atoms with E-state index in [0.29, 0.717) is 6.79 Å². The van der Waals surface area contributed by atoms with Gasteiger partial charge in [-0.1, -0.05) is 6.07 Å². The van der Waals surface area contributed by atoms with Crippen molar-refractivity contribution in [2.45, 2.75) is 32.1 Å². The molecule has 1 saturated carbocycles. The Kier molecular flexibility index (Phi) is 5.20. The molecule has 1 aromatic rings. The van der Waals surface area contributed by atoms with Crippen LogP contribution in [-0.4, -0.2) is 50.3 Å². The monoisotopic (exact) mass is 359 g/mol. The number of amides is 1. The number of hydrogen-bond acceptors (Lipinski definition) is 5. The SMILES string of the molecule is NC(=O)C1CCC(CCN2CCN(c3cccc4c3OCO4)CC2)CC1. The lowest BCUT2D eigenvalue weighted by molar-refractivity contribution is -0.123. The molecule has 1 saturated heterocycles. The summed E-state index contributed by atoms with van der Waals surface area (Å²) >= 11 is 0. The number of carbonyl (C=O) groups is 1. The fourth-order valence-electron chi connectivity index (χ4n) is 4.48. The molecule has 0 spiro atoms. The molecule has 6 nitrogen and oxygen atoms in total. The molecule has 26 heavy (non-hydrogen) atoms. The number of ether oxygens (including phenoxy) is 2. The first-order valence-electron chi connectivity index (χ1n) is 9.86. The number of rotatable bonds is 5. The second-order valence-corrected chi connectivity index (χ2v) is 7.75. The molecule has 142 valence electrons. The Bertz CT molecular complexity index is 635. The molecule has 1 aromatic carbocycles. The van der Waals surface area contributed by atoms with Gasteiger partial charge in [-0.15, -0.1) is 0 Å². The van der Waals surface area contributed by atoms with E-state index in [1.165, 1.54) is 6.42 Å². The summed E-state index contributed by atoms with van der Waals surface area (Å²) in [4.78, 5) is 16.2. The van der Waals surface area contributed by atoms with Crippen molar-refractivity contribution in [2.75, 3.05) is 44.4 Å². The van der Waals surface area contributed by atoms with Gasteiger partial charge in [-0.3, -0.25) is 9.69 Å². The number of nitrogens with zero attached hydrogens (tertiary/aromatic N) is 2. The smallest absolute Gasteiger partial charge is 0.231 e. The predicted molar refractivity (Wildman–Crippen MR) is 100 cm³/mol. The Morgan fingerprint density at radius 2 is 1.85 bits per heavy atom. The number of anilines is 1. The van der Waals surface area contributed by atoms with Gasteiger partial charge in [0.2, 0.25) is 12.7 Å². The van der Waals surface area contributed by atoms with Gasteiger partial charge in [0.1, 0.15) is 0 Å². The van der Waals surface area contributed by atoms with Gasteiger partial charge in [-0.05, 0) is 56.7 Å². The van der Waals surface area contributed by atoms with Gasteiger partial charge in [-0.2, -0.15) is 0 Å². The number of benzene rings is 1. The average molecular weight is 359 g/mol. The number of hydrogen-bond donors (Lipinski definition) is 1. The van der Waals surface area contributed by atoms with Gasteiger partial charge in [0.05, 0.1) is 5.69 Å². The average Bonchev–Trinajstić information content (AvgIpc) is 3.16. The Balaban J connectivity index is 1.22. The number of nitrogens with two attached hydrogens (primary N) is 1. The molecule has 2 aliphatic heterocycles. The molecule has 2 heterocycles. The van der Waals surface area contributed by atoms with Crippen molar-refractivity contribution in [3.8, 4) is 11.5 Å². The summed E-state index contributed by atoms with van der Waals surface area (Å²) in [5, 5.41) is 0. The van der Waals surface area contributed by atoms with Gasteiger partial charge in [0, 0.05) is 32.1 Å². The number of carbonyl (C=O) groups excluding carboxylic acids is 1. The zero-order chi connectivity index (χ0) is 17.9. The molecule has 0 bridgehead atoms. The van der Waals surface area contributed by atoms with Crippen LogP contribution in [0.2, 0.25) is 0 Å². The van der Waals surface area contributed by atoms with E-state index in [2.05, 4.69) is 15.9 Å². The summed E-state index contributed by atoms with van der Waals surface area (Å²) in [7, 11) is 0. The Hall–Kier alpha value is -1.95. The highest BCUT2D eigenvalue weighted by atomic mass is 16.7.